The fraction of sp³-hybridized carbons (Fsp3) is 0.458. The van der Waals surface area contributed by atoms with Gasteiger partial charge in [-0.2, -0.15) is 0 Å². The van der Waals surface area contributed by atoms with E-state index in [0.29, 0.717) is 35.4 Å². The first kappa shape index (κ1) is 24.5. The molecule has 1 N–H and O–H groups in total. The van der Waals surface area contributed by atoms with Crippen LogP contribution in [-0.2, 0) is 11.3 Å². The molecule has 2 aromatic rings. The highest BCUT2D eigenvalue weighted by Gasteiger charge is 2.35. The molecule has 2 atom stereocenters. The molecule has 1 aliphatic rings. The van der Waals surface area contributed by atoms with Crippen molar-refractivity contribution in [2.45, 2.75) is 51.4 Å². The molecule has 0 aliphatic carbocycles. The first-order chi connectivity index (χ1) is 15.1. The lowest BCUT2D eigenvalue weighted by Gasteiger charge is -2.37. The number of piperidine rings is 1. The minimum Gasteiger partial charge on any atom is -0.497 e. The van der Waals surface area contributed by atoms with Gasteiger partial charge < -0.3 is 24.2 Å². The highest BCUT2D eigenvalue weighted by molar-refractivity contribution is 6.42. The Bertz CT molecular complexity index is 943. The van der Waals surface area contributed by atoms with Crippen molar-refractivity contribution in [3.63, 3.8) is 0 Å². The molecule has 6 nitrogen and oxygen atoms in total. The predicted octanol–water partition coefficient (Wildman–Crippen LogP) is 5.67. The number of carbonyl (C=O) groups is 1. The Morgan fingerprint density at radius 3 is 2.41 bits per heavy atom. The number of halogens is 2. The van der Waals surface area contributed by atoms with Gasteiger partial charge in [0.1, 0.15) is 23.7 Å². The average Bonchev–Trinajstić information content (AvgIpc) is 2.73. The number of aliphatic hydroxyl groups excluding tert-OH is 1. The minimum atomic E-state index is -0.795. The monoisotopic (exact) mass is 481 g/mol. The molecule has 174 valence electrons. The summed E-state index contributed by atoms with van der Waals surface area (Å²) in [6, 6.07) is 11.0. The average molecular weight is 482 g/mol. The van der Waals surface area contributed by atoms with E-state index in [2.05, 4.69) is 0 Å². The van der Waals surface area contributed by atoms with E-state index in [4.69, 9.17) is 37.4 Å². The third-order valence-electron chi connectivity index (χ3n) is 5.24. The maximum absolute atomic E-state index is 12.4. The Morgan fingerprint density at radius 2 is 1.81 bits per heavy atom. The summed E-state index contributed by atoms with van der Waals surface area (Å²) in [5.74, 6) is 1.07. The largest absolute Gasteiger partial charge is 0.497 e. The van der Waals surface area contributed by atoms with Crippen molar-refractivity contribution in [3.05, 3.63) is 57.6 Å². The molecule has 8 heteroatoms. The van der Waals surface area contributed by atoms with Crippen LogP contribution in [0.5, 0.6) is 11.5 Å². The Morgan fingerprint density at radius 1 is 1.16 bits per heavy atom. The van der Waals surface area contributed by atoms with Crippen molar-refractivity contribution < 1.29 is 24.1 Å². The molecule has 0 spiro atoms. The Kier molecular flexibility index (Phi) is 7.80. The SMILES string of the molecule is COc1ccc(COc2cc(Cl)c(Cl)cc2C2CCN(C(=O)OC(C)(C)C)CC2O)cc1. The second kappa shape index (κ2) is 10.2. The van der Waals surface area contributed by atoms with Gasteiger partial charge in [0, 0.05) is 24.1 Å². The number of carbonyl (C=O) groups excluding carboxylic acids is 1. The van der Waals surface area contributed by atoms with Crippen LogP contribution in [0.25, 0.3) is 0 Å². The van der Waals surface area contributed by atoms with Gasteiger partial charge in [0.25, 0.3) is 0 Å². The number of rotatable bonds is 5. The number of benzene rings is 2. The van der Waals surface area contributed by atoms with Gasteiger partial charge in [-0.1, -0.05) is 35.3 Å². The first-order valence-electron chi connectivity index (χ1n) is 10.5. The topological polar surface area (TPSA) is 68.2 Å². The van der Waals surface area contributed by atoms with Gasteiger partial charge in [0.2, 0.25) is 0 Å². The van der Waals surface area contributed by atoms with E-state index in [1.165, 1.54) is 4.90 Å². The zero-order chi connectivity index (χ0) is 23.5. The van der Waals surface area contributed by atoms with Gasteiger partial charge in [-0.05, 0) is 51.0 Å². The number of aliphatic hydroxyl groups is 1. The number of likely N-dealkylation sites (tertiary alicyclic amines) is 1. The molecule has 1 aliphatic heterocycles. The molecule has 32 heavy (non-hydrogen) atoms. The summed E-state index contributed by atoms with van der Waals surface area (Å²) in [5.41, 5.74) is 1.14. The summed E-state index contributed by atoms with van der Waals surface area (Å²) in [4.78, 5) is 13.9. The number of methoxy groups -OCH3 is 1. The van der Waals surface area contributed by atoms with Crippen molar-refractivity contribution in [2.75, 3.05) is 20.2 Å². The van der Waals surface area contributed by atoms with Crippen molar-refractivity contribution in [1.82, 2.24) is 4.90 Å². The van der Waals surface area contributed by atoms with Gasteiger partial charge in [-0.25, -0.2) is 4.79 Å². The Balaban J connectivity index is 1.75. The van der Waals surface area contributed by atoms with E-state index in [9.17, 15) is 9.90 Å². The standard InChI is InChI=1S/C24H29Cl2NO5/c1-24(2,3)32-23(29)27-10-9-17(21(28)13-27)18-11-19(25)20(26)12-22(18)31-14-15-5-7-16(30-4)8-6-15/h5-8,11-12,17,21,28H,9-10,13-14H2,1-4H3. The minimum absolute atomic E-state index is 0.164. The lowest BCUT2D eigenvalue weighted by atomic mass is 9.86. The van der Waals surface area contributed by atoms with Crippen LogP contribution in [0.1, 0.15) is 44.2 Å². The van der Waals surface area contributed by atoms with Gasteiger partial charge >= 0.3 is 6.09 Å². The number of nitrogens with zero attached hydrogens (tertiary/aromatic N) is 1. The van der Waals surface area contributed by atoms with Crippen LogP contribution in [0.3, 0.4) is 0 Å². The van der Waals surface area contributed by atoms with Crippen LogP contribution in [0.15, 0.2) is 36.4 Å². The maximum Gasteiger partial charge on any atom is 0.410 e. The molecular formula is C24H29Cl2NO5. The van der Waals surface area contributed by atoms with Crippen LogP contribution in [0.2, 0.25) is 10.0 Å². The van der Waals surface area contributed by atoms with Gasteiger partial charge in [-0.3, -0.25) is 0 Å². The second-order valence-corrected chi connectivity index (χ2v) is 9.64. The summed E-state index contributed by atoms with van der Waals surface area (Å²) >= 11 is 12.5. The fourth-order valence-electron chi connectivity index (χ4n) is 3.63. The van der Waals surface area contributed by atoms with Gasteiger partial charge in [-0.15, -0.1) is 0 Å². The highest BCUT2D eigenvalue weighted by atomic mass is 35.5. The number of amides is 1. The molecule has 0 bridgehead atoms. The molecule has 0 radical (unpaired) electrons. The van der Waals surface area contributed by atoms with Crippen molar-refractivity contribution in [2.24, 2.45) is 0 Å². The number of ether oxygens (including phenoxy) is 3. The molecule has 1 fully saturated rings. The molecule has 1 saturated heterocycles. The van der Waals surface area contributed by atoms with E-state index in [0.717, 1.165) is 16.9 Å². The maximum atomic E-state index is 12.4. The highest BCUT2D eigenvalue weighted by Crippen LogP contribution is 2.40. The molecule has 2 unspecified atom stereocenters. The zero-order valence-electron chi connectivity index (χ0n) is 18.7. The van der Waals surface area contributed by atoms with E-state index in [-0.39, 0.29) is 12.5 Å². The molecule has 0 saturated carbocycles. The van der Waals surface area contributed by atoms with E-state index in [1.807, 2.05) is 45.0 Å². The van der Waals surface area contributed by atoms with Crippen LogP contribution in [0.4, 0.5) is 4.79 Å². The van der Waals surface area contributed by atoms with Crippen molar-refractivity contribution >= 4 is 29.3 Å². The zero-order valence-corrected chi connectivity index (χ0v) is 20.2. The van der Waals surface area contributed by atoms with Crippen molar-refractivity contribution in [3.8, 4) is 11.5 Å². The van der Waals surface area contributed by atoms with Crippen LogP contribution < -0.4 is 9.47 Å². The molecule has 3 rings (SSSR count). The predicted molar refractivity (Wildman–Crippen MR) is 125 cm³/mol. The quantitative estimate of drug-likeness (QED) is 0.595. The lowest BCUT2D eigenvalue weighted by molar-refractivity contribution is -0.00175. The van der Waals surface area contributed by atoms with Crippen LogP contribution >= 0.6 is 23.2 Å². The third-order valence-corrected chi connectivity index (χ3v) is 5.96. The lowest BCUT2D eigenvalue weighted by Crippen LogP contribution is -2.47. The number of hydrogen-bond acceptors (Lipinski definition) is 5. The first-order valence-corrected chi connectivity index (χ1v) is 11.2. The van der Waals surface area contributed by atoms with Gasteiger partial charge in [0.15, 0.2) is 0 Å². The smallest absolute Gasteiger partial charge is 0.410 e. The van der Waals surface area contributed by atoms with Crippen LogP contribution in [-0.4, -0.2) is 48.0 Å². The number of hydrogen-bond donors (Lipinski definition) is 1. The van der Waals surface area contributed by atoms with E-state index >= 15 is 0 Å². The summed E-state index contributed by atoms with van der Waals surface area (Å²) in [6.45, 7) is 6.39. The fourth-order valence-corrected chi connectivity index (χ4v) is 3.95. The van der Waals surface area contributed by atoms with E-state index < -0.39 is 17.8 Å². The molecule has 0 aromatic heterocycles. The second-order valence-electron chi connectivity index (χ2n) is 8.83. The Labute approximate surface area is 199 Å². The van der Waals surface area contributed by atoms with Crippen molar-refractivity contribution in [1.29, 1.82) is 0 Å². The molecule has 2 aromatic carbocycles. The summed E-state index contributed by atoms with van der Waals surface area (Å²) in [6.07, 6.45) is -0.686. The summed E-state index contributed by atoms with van der Waals surface area (Å²) in [5, 5.41) is 11.6. The third kappa shape index (κ3) is 6.21. The molecular weight excluding hydrogens is 453 g/mol. The molecule has 1 heterocycles. The number of β-amino-alcohol motifs (C(OH)–C–C–N with tert-alkyl or cyclic N) is 1. The molecule has 1 amide bonds. The summed E-state index contributed by atoms with van der Waals surface area (Å²) < 4.78 is 16.7. The normalized spacial score (nSPS) is 18.9. The van der Waals surface area contributed by atoms with E-state index in [1.54, 1.807) is 19.2 Å². The summed E-state index contributed by atoms with van der Waals surface area (Å²) in [7, 11) is 1.62. The van der Waals surface area contributed by atoms with Gasteiger partial charge in [0.05, 0.1) is 29.8 Å². The van der Waals surface area contributed by atoms with Crippen LogP contribution in [0, 0.1) is 0 Å². The Hall–Kier alpha value is -2.15.